The molecule has 0 bridgehead atoms. The fraction of sp³-hybridized carbons (Fsp3) is 0.0833. The summed E-state index contributed by atoms with van der Waals surface area (Å²) in [5, 5.41) is 16.4. The number of hydrogen-bond acceptors (Lipinski definition) is 5. The highest BCUT2D eigenvalue weighted by Gasteiger charge is 2.11. The van der Waals surface area contributed by atoms with E-state index in [1.54, 1.807) is 0 Å². The minimum atomic E-state index is 0.296. The SMILES string of the molecule is N#Cc1c(CSc2n[nH]c(N)n2)cn2ccccc12. The Morgan fingerprint density at radius 1 is 1.47 bits per heavy atom. The van der Waals surface area contributed by atoms with Gasteiger partial charge in [-0.2, -0.15) is 10.2 Å². The molecule has 3 aromatic heterocycles. The quantitative estimate of drug-likeness (QED) is 0.707. The first kappa shape index (κ1) is 11.6. The van der Waals surface area contributed by atoms with Crippen LogP contribution in [-0.4, -0.2) is 19.6 Å². The number of rotatable bonds is 3. The third-order valence-electron chi connectivity index (χ3n) is 2.71. The van der Waals surface area contributed by atoms with Crippen LogP contribution < -0.4 is 5.73 Å². The largest absolute Gasteiger partial charge is 0.368 e. The zero-order chi connectivity index (χ0) is 13.2. The summed E-state index contributed by atoms with van der Waals surface area (Å²) >= 11 is 1.44. The standard InChI is InChI=1S/C12H10N6S/c13-5-9-8(6-18-4-2-1-3-10(9)18)7-19-12-15-11(14)16-17-12/h1-4,6H,7H2,(H3,14,15,16,17). The molecular formula is C12H10N6S. The molecule has 94 valence electrons. The third-order valence-corrected chi connectivity index (χ3v) is 3.61. The molecule has 0 spiro atoms. The van der Waals surface area contributed by atoms with E-state index in [1.807, 2.05) is 35.0 Å². The zero-order valence-electron chi connectivity index (χ0n) is 9.87. The molecule has 7 heteroatoms. The van der Waals surface area contributed by atoms with Crippen LogP contribution in [0.4, 0.5) is 5.95 Å². The second-order valence-electron chi connectivity index (χ2n) is 3.93. The second kappa shape index (κ2) is 4.66. The van der Waals surface area contributed by atoms with Crippen LogP contribution in [0, 0.1) is 11.3 Å². The molecule has 3 heterocycles. The highest BCUT2D eigenvalue weighted by atomic mass is 32.2. The lowest BCUT2D eigenvalue weighted by atomic mass is 10.2. The van der Waals surface area contributed by atoms with Gasteiger partial charge < -0.3 is 10.1 Å². The fourth-order valence-corrected chi connectivity index (χ4v) is 2.66. The Morgan fingerprint density at radius 2 is 2.37 bits per heavy atom. The molecule has 0 saturated heterocycles. The molecule has 0 aliphatic rings. The molecule has 0 radical (unpaired) electrons. The molecule has 0 fully saturated rings. The molecular weight excluding hydrogens is 260 g/mol. The first-order valence-electron chi connectivity index (χ1n) is 5.57. The Hall–Kier alpha value is -2.46. The predicted molar refractivity (Wildman–Crippen MR) is 72.5 cm³/mol. The Balaban J connectivity index is 1.90. The summed E-state index contributed by atoms with van der Waals surface area (Å²) in [5.41, 5.74) is 8.03. The van der Waals surface area contributed by atoms with E-state index in [0.717, 1.165) is 11.1 Å². The van der Waals surface area contributed by atoms with Gasteiger partial charge in [0.25, 0.3) is 0 Å². The van der Waals surface area contributed by atoms with Crippen LogP contribution in [0.2, 0.25) is 0 Å². The lowest BCUT2D eigenvalue weighted by Gasteiger charge is -1.94. The number of nitrogens with two attached hydrogens (primary N) is 1. The van der Waals surface area contributed by atoms with E-state index < -0.39 is 0 Å². The minimum absolute atomic E-state index is 0.296. The van der Waals surface area contributed by atoms with Crippen molar-refractivity contribution in [2.75, 3.05) is 5.73 Å². The lowest BCUT2D eigenvalue weighted by Crippen LogP contribution is -1.85. The molecule has 3 rings (SSSR count). The summed E-state index contributed by atoms with van der Waals surface area (Å²) in [6.07, 6.45) is 3.88. The average Bonchev–Trinajstić information content (AvgIpc) is 2.99. The number of thioether (sulfide) groups is 1. The molecule has 0 saturated carbocycles. The van der Waals surface area contributed by atoms with Crippen LogP contribution in [0.5, 0.6) is 0 Å². The van der Waals surface area contributed by atoms with Gasteiger partial charge in [0.15, 0.2) is 0 Å². The van der Waals surface area contributed by atoms with E-state index in [9.17, 15) is 5.26 Å². The van der Waals surface area contributed by atoms with E-state index in [2.05, 4.69) is 21.3 Å². The molecule has 0 amide bonds. The van der Waals surface area contributed by atoms with E-state index in [1.165, 1.54) is 11.8 Å². The number of anilines is 1. The van der Waals surface area contributed by atoms with Crippen LogP contribution in [0.25, 0.3) is 5.52 Å². The third kappa shape index (κ3) is 2.13. The number of pyridine rings is 1. The summed E-state index contributed by atoms with van der Waals surface area (Å²) in [5.74, 6) is 0.923. The average molecular weight is 270 g/mol. The van der Waals surface area contributed by atoms with E-state index in [0.29, 0.717) is 22.4 Å². The van der Waals surface area contributed by atoms with Crippen LogP contribution in [0.1, 0.15) is 11.1 Å². The summed E-state index contributed by atoms with van der Waals surface area (Å²) in [7, 11) is 0. The van der Waals surface area contributed by atoms with Gasteiger partial charge in [0.1, 0.15) is 6.07 Å². The van der Waals surface area contributed by atoms with Gasteiger partial charge in [-0.05, 0) is 17.7 Å². The number of aromatic nitrogens is 4. The Kier molecular flexibility index (Phi) is 2.85. The monoisotopic (exact) mass is 270 g/mol. The van der Waals surface area contributed by atoms with E-state index in [-0.39, 0.29) is 0 Å². The number of nitrogens with one attached hydrogen (secondary N) is 1. The highest BCUT2D eigenvalue weighted by Crippen LogP contribution is 2.25. The number of nitriles is 1. The number of hydrogen-bond donors (Lipinski definition) is 2. The van der Waals surface area contributed by atoms with Crippen molar-refractivity contribution in [3.8, 4) is 6.07 Å². The molecule has 0 aliphatic carbocycles. The molecule has 0 atom stereocenters. The smallest absolute Gasteiger partial charge is 0.216 e. The maximum Gasteiger partial charge on any atom is 0.216 e. The highest BCUT2D eigenvalue weighted by molar-refractivity contribution is 7.98. The van der Waals surface area contributed by atoms with Crippen molar-refractivity contribution in [3.63, 3.8) is 0 Å². The topological polar surface area (TPSA) is 95.8 Å². The first-order chi connectivity index (χ1) is 9.28. The van der Waals surface area contributed by atoms with Crippen LogP contribution >= 0.6 is 11.8 Å². The molecule has 0 aromatic carbocycles. The maximum atomic E-state index is 9.28. The van der Waals surface area contributed by atoms with Crippen molar-refractivity contribution < 1.29 is 0 Å². The van der Waals surface area contributed by atoms with Crippen molar-refractivity contribution in [2.45, 2.75) is 10.9 Å². The first-order valence-corrected chi connectivity index (χ1v) is 6.56. The predicted octanol–water partition coefficient (Wildman–Crippen LogP) is 1.80. The van der Waals surface area contributed by atoms with Crippen molar-refractivity contribution in [1.29, 1.82) is 5.26 Å². The Bertz CT molecular complexity index is 766. The molecule has 0 aliphatic heterocycles. The van der Waals surface area contributed by atoms with Gasteiger partial charge in [0.2, 0.25) is 11.1 Å². The van der Waals surface area contributed by atoms with Gasteiger partial charge in [-0.1, -0.05) is 17.8 Å². The lowest BCUT2D eigenvalue weighted by molar-refractivity contribution is 0.973. The van der Waals surface area contributed by atoms with Crippen molar-refractivity contribution in [3.05, 3.63) is 41.7 Å². The molecule has 19 heavy (non-hydrogen) atoms. The summed E-state index contributed by atoms with van der Waals surface area (Å²) in [4.78, 5) is 4.02. The van der Waals surface area contributed by atoms with Gasteiger partial charge in [-0.25, -0.2) is 5.10 Å². The maximum absolute atomic E-state index is 9.28. The normalized spacial score (nSPS) is 10.7. The van der Waals surface area contributed by atoms with Gasteiger partial charge in [-0.3, -0.25) is 0 Å². The number of nitrogens with zero attached hydrogens (tertiary/aromatic N) is 4. The van der Waals surface area contributed by atoms with Crippen molar-refractivity contribution >= 4 is 23.2 Å². The van der Waals surface area contributed by atoms with Crippen LogP contribution in [-0.2, 0) is 5.75 Å². The molecule has 0 unspecified atom stereocenters. The molecule has 3 aromatic rings. The summed E-state index contributed by atoms with van der Waals surface area (Å²) < 4.78 is 1.95. The van der Waals surface area contributed by atoms with Crippen molar-refractivity contribution in [2.24, 2.45) is 0 Å². The summed E-state index contributed by atoms with van der Waals surface area (Å²) in [6, 6.07) is 8.03. The zero-order valence-corrected chi connectivity index (χ0v) is 10.7. The number of H-pyrrole nitrogens is 1. The van der Waals surface area contributed by atoms with E-state index >= 15 is 0 Å². The number of nitrogen functional groups attached to an aromatic ring is 1. The fourth-order valence-electron chi connectivity index (χ4n) is 1.88. The van der Waals surface area contributed by atoms with Gasteiger partial charge in [0.05, 0.1) is 11.1 Å². The Morgan fingerprint density at radius 3 is 3.11 bits per heavy atom. The van der Waals surface area contributed by atoms with E-state index in [4.69, 9.17) is 5.73 Å². The van der Waals surface area contributed by atoms with Crippen molar-refractivity contribution in [1.82, 2.24) is 19.6 Å². The molecule has 3 N–H and O–H groups in total. The Labute approximate surface area is 113 Å². The number of fused-ring (bicyclic) bond motifs is 1. The summed E-state index contributed by atoms with van der Waals surface area (Å²) in [6.45, 7) is 0. The second-order valence-corrected chi connectivity index (χ2v) is 4.87. The minimum Gasteiger partial charge on any atom is -0.368 e. The van der Waals surface area contributed by atoms with Crippen LogP contribution in [0.15, 0.2) is 35.7 Å². The van der Waals surface area contributed by atoms with Gasteiger partial charge in [0, 0.05) is 18.1 Å². The van der Waals surface area contributed by atoms with Gasteiger partial charge >= 0.3 is 0 Å². The van der Waals surface area contributed by atoms with Gasteiger partial charge in [-0.15, -0.1) is 5.10 Å². The number of aromatic amines is 1. The molecule has 6 nitrogen and oxygen atoms in total. The van der Waals surface area contributed by atoms with Crippen LogP contribution in [0.3, 0.4) is 0 Å².